The SMILES string of the molecule is CCn1c(=O)[nH]c2cc(C(=O)NCc3cnc(C)s3)ccc2c1=O. The quantitative estimate of drug-likeness (QED) is 0.748. The average Bonchev–Trinajstić information content (AvgIpc) is 2.98. The van der Waals surface area contributed by atoms with Gasteiger partial charge in [0.15, 0.2) is 0 Å². The summed E-state index contributed by atoms with van der Waals surface area (Å²) < 4.78 is 1.12. The average molecular weight is 344 g/mol. The van der Waals surface area contributed by atoms with Crippen molar-refractivity contribution in [3.8, 4) is 0 Å². The Labute approximate surface area is 141 Å². The molecule has 0 radical (unpaired) electrons. The van der Waals surface area contributed by atoms with Crippen molar-refractivity contribution in [2.24, 2.45) is 0 Å². The molecular weight excluding hydrogens is 328 g/mol. The van der Waals surface area contributed by atoms with Gasteiger partial charge in [-0.2, -0.15) is 0 Å². The number of thiazole rings is 1. The smallest absolute Gasteiger partial charge is 0.328 e. The minimum absolute atomic E-state index is 0.275. The summed E-state index contributed by atoms with van der Waals surface area (Å²) in [6, 6.07) is 4.66. The number of carbonyl (C=O) groups is 1. The molecule has 0 unspecified atom stereocenters. The molecule has 0 aliphatic carbocycles. The molecule has 8 heteroatoms. The number of nitrogens with one attached hydrogen (secondary N) is 2. The van der Waals surface area contributed by atoms with Gasteiger partial charge < -0.3 is 10.3 Å². The molecule has 124 valence electrons. The molecule has 1 amide bonds. The normalized spacial score (nSPS) is 10.9. The molecule has 2 aromatic heterocycles. The fourth-order valence-electron chi connectivity index (χ4n) is 2.44. The van der Waals surface area contributed by atoms with Gasteiger partial charge in [-0.25, -0.2) is 9.78 Å². The van der Waals surface area contributed by atoms with Crippen molar-refractivity contribution in [3.63, 3.8) is 0 Å². The highest BCUT2D eigenvalue weighted by molar-refractivity contribution is 7.11. The number of benzene rings is 1. The van der Waals surface area contributed by atoms with Crippen molar-refractivity contribution in [1.29, 1.82) is 0 Å². The lowest BCUT2D eigenvalue weighted by molar-refractivity contribution is 0.0951. The lowest BCUT2D eigenvalue weighted by Gasteiger charge is -2.06. The highest BCUT2D eigenvalue weighted by Crippen LogP contribution is 2.12. The molecule has 3 aromatic rings. The first-order chi connectivity index (χ1) is 11.5. The molecule has 0 fully saturated rings. The molecule has 0 aliphatic rings. The summed E-state index contributed by atoms with van der Waals surface area (Å²) in [7, 11) is 0. The summed E-state index contributed by atoms with van der Waals surface area (Å²) in [5.41, 5.74) is -0.0972. The van der Waals surface area contributed by atoms with Gasteiger partial charge in [-0.1, -0.05) is 0 Å². The second kappa shape index (κ2) is 6.40. The monoisotopic (exact) mass is 344 g/mol. The molecule has 0 aliphatic heterocycles. The van der Waals surface area contributed by atoms with Gasteiger partial charge >= 0.3 is 5.69 Å². The number of fused-ring (bicyclic) bond motifs is 1. The molecule has 0 bridgehead atoms. The van der Waals surface area contributed by atoms with Crippen LogP contribution >= 0.6 is 11.3 Å². The maximum atomic E-state index is 12.3. The Morgan fingerprint density at radius 1 is 1.38 bits per heavy atom. The summed E-state index contributed by atoms with van der Waals surface area (Å²) in [4.78, 5) is 44.1. The number of carbonyl (C=O) groups excluding carboxylic acids is 1. The summed E-state index contributed by atoms with van der Waals surface area (Å²) in [6.45, 7) is 4.31. The minimum atomic E-state index is -0.479. The molecule has 2 heterocycles. The van der Waals surface area contributed by atoms with E-state index in [9.17, 15) is 14.4 Å². The molecule has 3 rings (SSSR count). The third-order valence-corrected chi connectivity index (χ3v) is 4.57. The van der Waals surface area contributed by atoms with Crippen LogP contribution in [0.4, 0.5) is 0 Å². The Balaban J connectivity index is 1.88. The zero-order valence-electron chi connectivity index (χ0n) is 13.3. The van der Waals surface area contributed by atoms with E-state index in [-0.39, 0.29) is 11.5 Å². The van der Waals surface area contributed by atoms with E-state index in [0.717, 1.165) is 14.5 Å². The molecule has 0 saturated carbocycles. The number of aryl methyl sites for hydroxylation is 1. The van der Waals surface area contributed by atoms with E-state index in [4.69, 9.17) is 0 Å². The summed E-state index contributed by atoms with van der Waals surface area (Å²) in [6.07, 6.45) is 1.73. The first-order valence-corrected chi connectivity index (χ1v) is 8.27. The van der Waals surface area contributed by atoms with E-state index >= 15 is 0 Å². The number of aromatic nitrogens is 3. The van der Waals surface area contributed by atoms with Crippen molar-refractivity contribution in [2.75, 3.05) is 0 Å². The maximum Gasteiger partial charge on any atom is 0.328 e. The molecule has 7 nitrogen and oxygen atoms in total. The van der Waals surface area contributed by atoms with Gasteiger partial charge in [0.2, 0.25) is 0 Å². The zero-order chi connectivity index (χ0) is 17.3. The number of aromatic amines is 1. The van der Waals surface area contributed by atoms with E-state index in [1.807, 2.05) is 6.92 Å². The largest absolute Gasteiger partial charge is 0.347 e. The van der Waals surface area contributed by atoms with E-state index < -0.39 is 5.69 Å². The second-order valence-electron chi connectivity index (χ2n) is 5.27. The van der Waals surface area contributed by atoms with Crippen molar-refractivity contribution in [3.05, 3.63) is 60.7 Å². The van der Waals surface area contributed by atoms with Crippen LogP contribution in [-0.4, -0.2) is 20.4 Å². The van der Waals surface area contributed by atoms with Crippen LogP contribution < -0.4 is 16.6 Å². The van der Waals surface area contributed by atoms with Crippen LogP contribution in [0.1, 0.15) is 27.2 Å². The van der Waals surface area contributed by atoms with Crippen molar-refractivity contribution < 1.29 is 4.79 Å². The van der Waals surface area contributed by atoms with Crippen LogP contribution in [0.3, 0.4) is 0 Å². The van der Waals surface area contributed by atoms with Gasteiger partial charge in [0.05, 0.1) is 22.5 Å². The number of hydrogen-bond donors (Lipinski definition) is 2. The molecule has 0 saturated heterocycles. The fraction of sp³-hybridized carbons (Fsp3) is 0.250. The van der Waals surface area contributed by atoms with Crippen LogP contribution in [-0.2, 0) is 13.1 Å². The number of amides is 1. The Bertz CT molecular complexity index is 1030. The highest BCUT2D eigenvalue weighted by Gasteiger charge is 2.11. The van der Waals surface area contributed by atoms with Crippen LogP contribution in [0.15, 0.2) is 34.0 Å². The second-order valence-corrected chi connectivity index (χ2v) is 6.59. The van der Waals surface area contributed by atoms with Crippen LogP contribution in [0.25, 0.3) is 10.9 Å². The minimum Gasteiger partial charge on any atom is -0.347 e. The van der Waals surface area contributed by atoms with E-state index in [1.165, 1.54) is 17.4 Å². The predicted octanol–water partition coefficient (Wildman–Crippen LogP) is 1.40. The highest BCUT2D eigenvalue weighted by atomic mass is 32.1. The first-order valence-electron chi connectivity index (χ1n) is 7.46. The van der Waals surface area contributed by atoms with Gasteiger partial charge in [0.25, 0.3) is 11.5 Å². The summed E-state index contributed by atoms with van der Waals surface area (Å²) in [5.74, 6) is -0.275. The molecule has 0 spiro atoms. The van der Waals surface area contributed by atoms with E-state index in [0.29, 0.717) is 29.6 Å². The van der Waals surface area contributed by atoms with Crippen LogP contribution in [0.5, 0.6) is 0 Å². The van der Waals surface area contributed by atoms with Gasteiger partial charge in [-0.15, -0.1) is 11.3 Å². The number of hydrogen-bond acceptors (Lipinski definition) is 5. The number of rotatable bonds is 4. The van der Waals surface area contributed by atoms with Crippen molar-refractivity contribution >= 4 is 28.1 Å². The molecule has 24 heavy (non-hydrogen) atoms. The molecule has 1 aromatic carbocycles. The molecule has 0 atom stereocenters. The first kappa shape index (κ1) is 16.1. The van der Waals surface area contributed by atoms with E-state index in [2.05, 4.69) is 15.3 Å². The Morgan fingerprint density at radius 2 is 2.17 bits per heavy atom. The van der Waals surface area contributed by atoms with E-state index in [1.54, 1.807) is 25.3 Å². The Kier molecular flexibility index (Phi) is 4.30. The third-order valence-electron chi connectivity index (χ3n) is 3.65. The lowest BCUT2D eigenvalue weighted by Crippen LogP contribution is -2.34. The summed E-state index contributed by atoms with van der Waals surface area (Å²) >= 11 is 1.52. The van der Waals surface area contributed by atoms with Gasteiger partial charge in [0, 0.05) is 23.2 Å². The lowest BCUT2D eigenvalue weighted by atomic mass is 10.1. The third kappa shape index (κ3) is 3.00. The van der Waals surface area contributed by atoms with Crippen molar-refractivity contribution in [1.82, 2.24) is 19.9 Å². The zero-order valence-corrected chi connectivity index (χ0v) is 14.1. The van der Waals surface area contributed by atoms with Crippen LogP contribution in [0, 0.1) is 6.92 Å². The fourth-order valence-corrected chi connectivity index (χ4v) is 3.17. The number of nitrogens with zero attached hydrogens (tertiary/aromatic N) is 2. The number of H-pyrrole nitrogens is 1. The van der Waals surface area contributed by atoms with Gasteiger partial charge in [-0.3, -0.25) is 14.2 Å². The standard InChI is InChI=1S/C16H16N4O3S/c1-3-20-15(22)12-5-4-10(6-13(12)19-16(20)23)14(21)18-8-11-7-17-9(2)24-11/h4-7H,3,8H2,1-2H3,(H,18,21)(H,19,23). The maximum absolute atomic E-state index is 12.3. The Hall–Kier alpha value is -2.74. The van der Waals surface area contributed by atoms with Crippen LogP contribution in [0.2, 0.25) is 0 Å². The molecular formula is C16H16N4O3S. The Morgan fingerprint density at radius 3 is 2.83 bits per heavy atom. The van der Waals surface area contributed by atoms with Gasteiger partial charge in [-0.05, 0) is 32.0 Å². The van der Waals surface area contributed by atoms with Gasteiger partial charge in [0.1, 0.15) is 0 Å². The topological polar surface area (TPSA) is 96.8 Å². The summed E-state index contributed by atoms with van der Waals surface area (Å²) in [5, 5.41) is 4.12. The predicted molar refractivity (Wildman–Crippen MR) is 92.5 cm³/mol. The molecule has 2 N–H and O–H groups in total. The van der Waals surface area contributed by atoms with Crippen molar-refractivity contribution in [2.45, 2.75) is 26.9 Å².